The Morgan fingerprint density at radius 3 is 2.70 bits per heavy atom. The molecule has 1 fully saturated rings. The maximum Gasteiger partial charge on any atom is 0.276 e. The molecule has 4 N–H and O–H groups in total. The summed E-state index contributed by atoms with van der Waals surface area (Å²) in [4.78, 5) is 14.1. The van der Waals surface area contributed by atoms with Crippen LogP contribution in [-0.4, -0.2) is 35.9 Å². The van der Waals surface area contributed by atoms with Crippen molar-refractivity contribution in [1.82, 2.24) is 15.5 Å². The van der Waals surface area contributed by atoms with E-state index >= 15 is 0 Å². The number of carbonyl (C=O) groups excluding carboxylic acids is 1. The summed E-state index contributed by atoms with van der Waals surface area (Å²) in [6.45, 7) is 2.34. The minimum atomic E-state index is -1.10. The summed E-state index contributed by atoms with van der Waals surface area (Å²) in [6, 6.07) is 4.80. The molecular formula is C14H14F2N6O. The second kappa shape index (κ2) is 6.13. The monoisotopic (exact) mass is 320 g/mol. The smallest absolute Gasteiger partial charge is 0.276 e. The normalized spacial score (nSPS) is 14.1. The molecule has 1 aliphatic rings. The summed E-state index contributed by atoms with van der Waals surface area (Å²) in [5, 5.41) is 13.4. The van der Waals surface area contributed by atoms with Crippen LogP contribution in [0.3, 0.4) is 0 Å². The number of nitrogens with two attached hydrogens (primary N) is 1. The molecule has 1 amide bonds. The van der Waals surface area contributed by atoms with Gasteiger partial charge in [0, 0.05) is 25.2 Å². The molecule has 23 heavy (non-hydrogen) atoms. The fourth-order valence-electron chi connectivity index (χ4n) is 2.17. The third-order valence-electron chi connectivity index (χ3n) is 3.41. The fourth-order valence-corrected chi connectivity index (χ4v) is 2.17. The van der Waals surface area contributed by atoms with Gasteiger partial charge in [-0.3, -0.25) is 10.1 Å². The van der Waals surface area contributed by atoms with Gasteiger partial charge < -0.3 is 16.0 Å². The summed E-state index contributed by atoms with van der Waals surface area (Å²) in [7, 11) is 0. The number of nitrogens with one attached hydrogen (secondary N) is 2. The van der Waals surface area contributed by atoms with Crippen LogP contribution >= 0.6 is 0 Å². The molecule has 1 saturated heterocycles. The third-order valence-corrected chi connectivity index (χ3v) is 3.41. The highest BCUT2D eigenvalue weighted by atomic mass is 19.2. The molecule has 1 aromatic heterocycles. The molecule has 0 atom stereocenters. The lowest BCUT2D eigenvalue weighted by Gasteiger charge is -2.14. The zero-order valence-electron chi connectivity index (χ0n) is 12.0. The topological polar surface area (TPSA) is 96.2 Å². The number of benzene rings is 1. The summed E-state index contributed by atoms with van der Waals surface area (Å²) in [5.74, 6) is -2.14. The summed E-state index contributed by atoms with van der Waals surface area (Å²) in [5.41, 5.74) is 5.50. The third kappa shape index (κ3) is 3.19. The summed E-state index contributed by atoms with van der Waals surface area (Å²) >= 11 is 0. The zero-order valence-corrected chi connectivity index (χ0v) is 12.0. The van der Waals surface area contributed by atoms with Crippen LogP contribution in [-0.2, 0) is 0 Å². The van der Waals surface area contributed by atoms with Crippen molar-refractivity contribution in [2.45, 2.75) is 0 Å². The van der Waals surface area contributed by atoms with E-state index in [2.05, 4.69) is 20.8 Å². The van der Waals surface area contributed by atoms with Gasteiger partial charge in [-0.25, -0.2) is 8.78 Å². The van der Waals surface area contributed by atoms with Crippen molar-refractivity contribution < 1.29 is 13.6 Å². The number of aromatic nitrogens is 2. The number of hydrogen-bond donors (Lipinski definition) is 3. The predicted molar refractivity (Wildman–Crippen MR) is 81.0 cm³/mol. The first-order valence-corrected chi connectivity index (χ1v) is 6.90. The molecule has 0 spiro atoms. The number of hydrogen-bond acceptors (Lipinski definition) is 6. The lowest BCUT2D eigenvalue weighted by Crippen LogP contribution is -2.23. The van der Waals surface area contributed by atoms with Crippen LogP contribution in [0.5, 0.6) is 0 Å². The van der Waals surface area contributed by atoms with E-state index in [1.807, 2.05) is 4.90 Å². The lowest BCUT2D eigenvalue weighted by atomic mass is 10.2. The average Bonchev–Trinajstić information content (AvgIpc) is 3.07. The Hall–Kier alpha value is -2.81. The highest BCUT2D eigenvalue weighted by Crippen LogP contribution is 2.22. The Bertz CT molecular complexity index is 731. The molecule has 0 unspecified atom stereocenters. The predicted octanol–water partition coefficient (Wildman–Crippen LogP) is 0.956. The Morgan fingerprint density at radius 2 is 2.04 bits per heavy atom. The largest absolute Gasteiger partial charge is 0.397 e. The number of carbonyl (C=O) groups is 1. The van der Waals surface area contributed by atoms with Crippen molar-refractivity contribution in [2.24, 2.45) is 0 Å². The van der Waals surface area contributed by atoms with Crippen molar-refractivity contribution in [3.63, 3.8) is 0 Å². The molecule has 2 heterocycles. The van der Waals surface area contributed by atoms with Crippen molar-refractivity contribution in [3.05, 3.63) is 41.6 Å². The first-order valence-electron chi connectivity index (χ1n) is 6.90. The van der Waals surface area contributed by atoms with E-state index in [0.29, 0.717) is 12.5 Å². The molecule has 0 aliphatic carbocycles. The molecule has 7 nitrogen and oxygen atoms in total. The van der Waals surface area contributed by atoms with Gasteiger partial charge in [0.15, 0.2) is 23.1 Å². The molecule has 0 radical (unpaired) electrons. The number of halogens is 2. The second-order valence-electron chi connectivity index (χ2n) is 5.01. The van der Waals surface area contributed by atoms with Gasteiger partial charge >= 0.3 is 0 Å². The van der Waals surface area contributed by atoms with Crippen LogP contribution in [0.15, 0.2) is 24.3 Å². The van der Waals surface area contributed by atoms with Crippen LogP contribution in [0.4, 0.5) is 26.0 Å². The minimum absolute atomic E-state index is 0.0245. The van der Waals surface area contributed by atoms with Crippen LogP contribution in [0.25, 0.3) is 0 Å². The van der Waals surface area contributed by atoms with Crippen molar-refractivity contribution in [1.29, 1.82) is 0 Å². The lowest BCUT2D eigenvalue weighted by molar-refractivity contribution is 0.102. The van der Waals surface area contributed by atoms with Crippen LogP contribution in [0.1, 0.15) is 10.5 Å². The zero-order chi connectivity index (χ0) is 16.4. The van der Waals surface area contributed by atoms with E-state index in [0.717, 1.165) is 25.2 Å². The van der Waals surface area contributed by atoms with E-state index in [-0.39, 0.29) is 17.1 Å². The van der Waals surface area contributed by atoms with Crippen molar-refractivity contribution in [3.8, 4) is 0 Å². The number of amides is 1. The highest BCUT2D eigenvalue weighted by molar-refractivity contribution is 6.04. The second-order valence-corrected chi connectivity index (χ2v) is 5.01. The van der Waals surface area contributed by atoms with Gasteiger partial charge in [0.05, 0.1) is 18.0 Å². The first-order chi connectivity index (χ1) is 11.0. The van der Waals surface area contributed by atoms with Crippen LogP contribution in [0, 0.1) is 11.6 Å². The molecular weight excluding hydrogens is 306 g/mol. The number of anilines is 3. The van der Waals surface area contributed by atoms with Crippen LogP contribution in [0.2, 0.25) is 0 Å². The molecule has 0 bridgehead atoms. The standard InChI is InChI=1S/C14H14F2N6O/c15-8-5-10(17)12(6-9(8)16)19-14(23)11-1-2-13(21-20-11)22-4-3-18-7-22/h1-2,5-6,18H,3-4,7,17H2,(H,19,23). The molecule has 120 valence electrons. The van der Waals surface area contributed by atoms with E-state index < -0.39 is 17.5 Å². The van der Waals surface area contributed by atoms with Gasteiger partial charge in [-0.1, -0.05) is 0 Å². The Balaban J connectivity index is 1.74. The van der Waals surface area contributed by atoms with Crippen molar-refractivity contribution in [2.75, 3.05) is 35.7 Å². The van der Waals surface area contributed by atoms with Crippen molar-refractivity contribution >= 4 is 23.1 Å². The van der Waals surface area contributed by atoms with Gasteiger partial charge in [-0.05, 0) is 12.1 Å². The average molecular weight is 320 g/mol. The van der Waals surface area contributed by atoms with Gasteiger partial charge in [-0.2, -0.15) is 0 Å². The highest BCUT2D eigenvalue weighted by Gasteiger charge is 2.16. The maximum absolute atomic E-state index is 13.2. The molecule has 1 aromatic carbocycles. The molecule has 1 aliphatic heterocycles. The van der Waals surface area contributed by atoms with Gasteiger partial charge in [-0.15, -0.1) is 10.2 Å². The van der Waals surface area contributed by atoms with Gasteiger partial charge in [0.25, 0.3) is 5.91 Å². The quantitative estimate of drug-likeness (QED) is 0.729. The minimum Gasteiger partial charge on any atom is -0.397 e. The Kier molecular flexibility index (Phi) is 4.02. The van der Waals surface area contributed by atoms with Gasteiger partial charge in [0.1, 0.15) is 0 Å². The van der Waals surface area contributed by atoms with E-state index in [4.69, 9.17) is 5.73 Å². The SMILES string of the molecule is Nc1cc(F)c(F)cc1NC(=O)c1ccc(N2CCNC2)nn1. The Morgan fingerprint density at radius 1 is 1.26 bits per heavy atom. The Labute approximate surface area is 130 Å². The van der Waals surface area contributed by atoms with E-state index in [1.54, 1.807) is 6.07 Å². The summed E-state index contributed by atoms with van der Waals surface area (Å²) < 4.78 is 26.2. The molecule has 0 saturated carbocycles. The number of rotatable bonds is 3. The van der Waals surface area contributed by atoms with E-state index in [1.165, 1.54) is 6.07 Å². The fraction of sp³-hybridized carbons (Fsp3) is 0.214. The first kappa shape index (κ1) is 15.1. The maximum atomic E-state index is 13.2. The summed E-state index contributed by atoms with van der Waals surface area (Å²) in [6.07, 6.45) is 0. The number of nitrogen functional groups attached to an aromatic ring is 1. The van der Waals surface area contributed by atoms with Gasteiger partial charge in [0.2, 0.25) is 0 Å². The molecule has 2 aromatic rings. The van der Waals surface area contributed by atoms with E-state index in [9.17, 15) is 13.6 Å². The number of nitrogens with zero attached hydrogens (tertiary/aromatic N) is 3. The molecule has 9 heteroatoms. The van der Waals surface area contributed by atoms with Crippen LogP contribution < -0.4 is 21.3 Å². The molecule has 3 rings (SSSR count).